The summed E-state index contributed by atoms with van der Waals surface area (Å²) >= 11 is 0. The number of carbonyl (C=O) groups excluding carboxylic acids is 1. The van der Waals surface area contributed by atoms with Crippen LogP contribution in [0.3, 0.4) is 0 Å². The molecular weight excluding hydrogens is 472 g/mol. The fourth-order valence-electron chi connectivity index (χ4n) is 3.05. The predicted molar refractivity (Wildman–Crippen MR) is 120 cm³/mol. The molecule has 0 aliphatic rings. The van der Waals surface area contributed by atoms with Crippen LogP contribution in [0, 0.1) is 28.7 Å². The molecule has 12 heteroatoms. The first-order valence-electron chi connectivity index (χ1n) is 9.69. The second-order valence-corrected chi connectivity index (χ2v) is 8.95. The summed E-state index contributed by atoms with van der Waals surface area (Å²) in [5.74, 6) is -2.39. The number of hydrogen-bond acceptors (Lipinski definition) is 6. The van der Waals surface area contributed by atoms with Gasteiger partial charge in [-0.25, -0.2) is 17.2 Å². The largest absolute Gasteiger partial charge is 0.497 e. The van der Waals surface area contributed by atoms with Crippen LogP contribution in [-0.2, 0) is 14.8 Å². The Hall–Kier alpha value is -4.06. The summed E-state index contributed by atoms with van der Waals surface area (Å²) in [5, 5.41) is 13.5. The van der Waals surface area contributed by atoms with Gasteiger partial charge < -0.3 is 10.1 Å². The van der Waals surface area contributed by atoms with E-state index in [0.717, 1.165) is 22.5 Å². The zero-order valence-corrected chi connectivity index (χ0v) is 18.8. The third-order valence-electron chi connectivity index (χ3n) is 4.82. The first kappa shape index (κ1) is 24.6. The average molecular weight is 491 g/mol. The van der Waals surface area contributed by atoms with Gasteiger partial charge in [-0.1, -0.05) is 6.07 Å². The Labute approximate surface area is 193 Å². The van der Waals surface area contributed by atoms with E-state index in [2.05, 4.69) is 5.32 Å². The van der Waals surface area contributed by atoms with Gasteiger partial charge in [0.2, 0.25) is 5.91 Å². The van der Waals surface area contributed by atoms with Crippen molar-refractivity contribution in [2.75, 3.05) is 23.3 Å². The number of ether oxygens (including phenoxy) is 1. The molecule has 0 saturated carbocycles. The molecule has 0 aliphatic carbocycles. The minimum absolute atomic E-state index is 0.0544. The first-order chi connectivity index (χ1) is 16.0. The minimum atomic E-state index is -4.48. The lowest BCUT2D eigenvalue weighted by Crippen LogP contribution is -2.38. The molecule has 0 heterocycles. The highest BCUT2D eigenvalue weighted by Crippen LogP contribution is 2.29. The molecule has 0 spiro atoms. The molecule has 0 bridgehead atoms. The summed E-state index contributed by atoms with van der Waals surface area (Å²) in [4.78, 5) is 22.8. The van der Waals surface area contributed by atoms with Gasteiger partial charge in [0.05, 0.1) is 28.3 Å². The number of amides is 1. The number of carbonyl (C=O) groups is 1. The quantitative estimate of drug-likeness (QED) is 0.376. The summed E-state index contributed by atoms with van der Waals surface area (Å²) in [5.41, 5.74) is -0.443. The number of methoxy groups -OCH3 is 1. The van der Waals surface area contributed by atoms with E-state index in [1.54, 1.807) is 0 Å². The predicted octanol–water partition coefficient (Wildman–Crippen LogP) is 4.02. The number of halogens is 2. The summed E-state index contributed by atoms with van der Waals surface area (Å²) in [6.45, 7) is 0.660. The van der Waals surface area contributed by atoms with Crippen molar-refractivity contribution >= 4 is 33.0 Å². The third kappa shape index (κ3) is 5.29. The number of rotatable bonds is 8. The SMILES string of the molecule is COc1ccc(N(CC(=O)Nc2ccc(F)cc2F)S(=O)(=O)c2ccc(C)c([N+](=O)[O-])c2)cc1. The highest BCUT2D eigenvalue weighted by atomic mass is 32.2. The third-order valence-corrected chi connectivity index (χ3v) is 6.59. The van der Waals surface area contributed by atoms with Crippen LogP contribution >= 0.6 is 0 Å². The molecule has 0 aliphatic heterocycles. The van der Waals surface area contributed by atoms with Crippen molar-refractivity contribution in [1.29, 1.82) is 0 Å². The van der Waals surface area contributed by atoms with Gasteiger partial charge in [-0.3, -0.25) is 19.2 Å². The van der Waals surface area contributed by atoms with Crippen LogP contribution in [0.15, 0.2) is 65.6 Å². The van der Waals surface area contributed by atoms with Crippen LogP contribution in [0.25, 0.3) is 0 Å². The highest BCUT2D eigenvalue weighted by Gasteiger charge is 2.29. The molecule has 0 atom stereocenters. The van der Waals surface area contributed by atoms with Crippen molar-refractivity contribution in [2.24, 2.45) is 0 Å². The van der Waals surface area contributed by atoms with Crippen LogP contribution < -0.4 is 14.4 Å². The number of nitrogens with one attached hydrogen (secondary N) is 1. The monoisotopic (exact) mass is 491 g/mol. The van der Waals surface area contributed by atoms with E-state index >= 15 is 0 Å². The van der Waals surface area contributed by atoms with Crippen molar-refractivity contribution in [1.82, 2.24) is 0 Å². The Bertz CT molecular complexity index is 1350. The van der Waals surface area contributed by atoms with Crippen molar-refractivity contribution in [2.45, 2.75) is 11.8 Å². The van der Waals surface area contributed by atoms with Crippen molar-refractivity contribution in [3.8, 4) is 5.75 Å². The Kier molecular flexibility index (Phi) is 7.11. The second-order valence-electron chi connectivity index (χ2n) is 7.09. The standard InChI is InChI=1S/C22H19F2N3O6S/c1-14-3-9-18(12-21(14)27(29)30)34(31,32)26(16-5-7-17(33-2)8-6-16)13-22(28)25-20-10-4-15(23)11-19(20)24/h3-12H,13H2,1-2H3,(H,25,28). The number of aryl methyl sites for hydroxylation is 1. The second kappa shape index (κ2) is 9.83. The Morgan fingerprint density at radius 3 is 2.35 bits per heavy atom. The molecule has 1 amide bonds. The lowest BCUT2D eigenvalue weighted by atomic mass is 10.2. The zero-order chi connectivity index (χ0) is 25.0. The van der Waals surface area contributed by atoms with Gasteiger partial charge in [0.1, 0.15) is 23.9 Å². The molecule has 0 radical (unpaired) electrons. The molecular formula is C22H19F2N3O6S. The average Bonchev–Trinajstić information content (AvgIpc) is 2.79. The molecule has 0 saturated heterocycles. The summed E-state index contributed by atoms with van der Waals surface area (Å²) in [7, 11) is -3.06. The number of hydrogen-bond donors (Lipinski definition) is 1. The molecule has 3 aromatic carbocycles. The first-order valence-corrected chi connectivity index (χ1v) is 11.1. The van der Waals surface area contributed by atoms with E-state index < -0.39 is 49.6 Å². The Morgan fingerprint density at radius 1 is 1.09 bits per heavy atom. The van der Waals surface area contributed by atoms with Crippen LogP contribution in [-0.4, -0.2) is 32.9 Å². The van der Waals surface area contributed by atoms with Crippen molar-refractivity contribution < 1.29 is 31.7 Å². The Balaban J connectivity index is 2.02. The number of nitro groups is 1. The topological polar surface area (TPSA) is 119 Å². The van der Waals surface area contributed by atoms with Crippen LogP contribution in [0.2, 0.25) is 0 Å². The lowest BCUT2D eigenvalue weighted by molar-refractivity contribution is -0.385. The van der Waals surface area contributed by atoms with E-state index in [1.807, 2.05) is 0 Å². The number of anilines is 2. The van der Waals surface area contributed by atoms with Crippen molar-refractivity contribution in [3.63, 3.8) is 0 Å². The van der Waals surface area contributed by atoms with E-state index in [-0.39, 0.29) is 16.9 Å². The molecule has 3 rings (SSSR count). The molecule has 34 heavy (non-hydrogen) atoms. The smallest absolute Gasteiger partial charge is 0.273 e. The molecule has 0 unspecified atom stereocenters. The van der Waals surface area contributed by atoms with E-state index in [1.165, 1.54) is 50.4 Å². The fraction of sp³-hybridized carbons (Fsp3) is 0.136. The van der Waals surface area contributed by atoms with Gasteiger partial charge in [-0.2, -0.15) is 0 Å². The molecule has 178 valence electrons. The number of nitrogens with zero attached hydrogens (tertiary/aromatic N) is 2. The number of sulfonamides is 1. The van der Waals surface area contributed by atoms with Gasteiger partial charge in [0, 0.05) is 17.7 Å². The lowest BCUT2D eigenvalue weighted by Gasteiger charge is -2.24. The summed E-state index contributed by atoms with van der Waals surface area (Å²) in [6, 6.07) is 11.6. The highest BCUT2D eigenvalue weighted by molar-refractivity contribution is 7.92. The normalized spacial score (nSPS) is 11.1. The maximum absolute atomic E-state index is 13.9. The maximum atomic E-state index is 13.9. The van der Waals surface area contributed by atoms with Crippen LogP contribution in [0.1, 0.15) is 5.56 Å². The summed E-state index contributed by atoms with van der Waals surface area (Å²) < 4.78 is 59.8. The van der Waals surface area contributed by atoms with Gasteiger partial charge in [-0.15, -0.1) is 0 Å². The van der Waals surface area contributed by atoms with Crippen molar-refractivity contribution in [3.05, 3.63) is 88.0 Å². The molecule has 9 nitrogen and oxygen atoms in total. The van der Waals surface area contributed by atoms with Gasteiger partial charge in [0.15, 0.2) is 0 Å². The maximum Gasteiger partial charge on any atom is 0.273 e. The molecule has 0 fully saturated rings. The van der Waals surface area contributed by atoms with Gasteiger partial charge in [0.25, 0.3) is 15.7 Å². The van der Waals surface area contributed by atoms with Gasteiger partial charge in [-0.05, 0) is 49.4 Å². The molecule has 3 aromatic rings. The van der Waals surface area contributed by atoms with E-state index in [9.17, 15) is 32.1 Å². The molecule has 0 aromatic heterocycles. The van der Waals surface area contributed by atoms with Gasteiger partial charge >= 0.3 is 0 Å². The number of nitro benzene ring substituents is 1. The van der Waals surface area contributed by atoms with Crippen LogP contribution in [0.5, 0.6) is 5.75 Å². The zero-order valence-electron chi connectivity index (χ0n) is 18.0. The summed E-state index contributed by atoms with van der Waals surface area (Å²) in [6.07, 6.45) is 0. The van der Waals surface area contributed by atoms with E-state index in [0.29, 0.717) is 11.8 Å². The number of benzene rings is 3. The fourth-order valence-corrected chi connectivity index (χ4v) is 4.49. The van der Waals surface area contributed by atoms with Crippen LogP contribution in [0.4, 0.5) is 25.8 Å². The Morgan fingerprint density at radius 2 is 1.76 bits per heavy atom. The van der Waals surface area contributed by atoms with E-state index in [4.69, 9.17) is 4.74 Å². The minimum Gasteiger partial charge on any atom is -0.497 e. The molecule has 1 N–H and O–H groups in total.